The van der Waals surface area contributed by atoms with Crippen molar-refractivity contribution in [3.63, 3.8) is 0 Å². The summed E-state index contributed by atoms with van der Waals surface area (Å²) in [5, 5.41) is 0.716. The van der Waals surface area contributed by atoms with Crippen LogP contribution in [0.2, 0.25) is 5.02 Å². The molecule has 0 spiro atoms. The third-order valence-electron chi connectivity index (χ3n) is 2.43. The Kier molecular flexibility index (Phi) is 4.73. The van der Waals surface area contributed by atoms with Gasteiger partial charge in [-0.3, -0.25) is 0 Å². The smallest absolute Gasteiger partial charge is 0.0562 e. The van der Waals surface area contributed by atoms with Crippen LogP contribution in [0.5, 0.6) is 0 Å². The van der Waals surface area contributed by atoms with Crippen LogP contribution in [-0.2, 0) is 0 Å². The van der Waals surface area contributed by atoms with Crippen molar-refractivity contribution in [3.05, 3.63) is 65.2 Å². The zero-order valence-corrected chi connectivity index (χ0v) is 11.4. The van der Waals surface area contributed by atoms with Crippen molar-refractivity contribution in [3.8, 4) is 0 Å². The number of hydrogen-bond acceptors (Lipinski definition) is 2. The lowest BCUT2D eigenvalue weighted by molar-refractivity contribution is 1.46. The van der Waals surface area contributed by atoms with Gasteiger partial charge in [0, 0.05) is 16.3 Å². The van der Waals surface area contributed by atoms with E-state index in [1.807, 2.05) is 36.4 Å². The molecule has 18 heavy (non-hydrogen) atoms. The highest BCUT2D eigenvalue weighted by Gasteiger charge is 2.03. The highest BCUT2D eigenvalue weighted by atomic mass is 35.5. The number of halogens is 1. The number of nitrogens with two attached hydrogens (primary N) is 1. The molecule has 0 aliphatic rings. The van der Waals surface area contributed by atoms with Crippen LogP contribution in [0, 0.1) is 0 Å². The molecule has 0 saturated heterocycles. The minimum atomic E-state index is 0.716. The van der Waals surface area contributed by atoms with Gasteiger partial charge in [-0.2, -0.15) is 0 Å². The van der Waals surface area contributed by atoms with Gasteiger partial charge in [0.1, 0.15) is 0 Å². The van der Waals surface area contributed by atoms with Gasteiger partial charge in [0.2, 0.25) is 0 Å². The zero-order valence-electron chi connectivity index (χ0n) is 9.84. The van der Waals surface area contributed by atoms with Crippen LogP contribution in [0.4, 0.5) is 5.69 Å². The molecule has 3 heteroatoms. The maximum Gasteiger partial charge on any atom is 0.0562 e. The summed E-state index contributed by atoms with van der Waals surface area (Å²) >= 11 is 7.75. The Morgan fingerprint density at radius 1 is 1.06 bits per heavy atom. The van der Waals surface area contributed by atoms with Crippen LogP contribution in [-0.4, -0.2) is 5.75 Å². The number of anilines is 1. The summed E-state index contributed by atoms with van der Waals surface area (Å²) in [7, 11) is 0. The van der Waals surface area contributed by atoms with Crippen LogP contribution in [0.3, 0.4) is 0 Å². The summed E-state index contributed by atoms with van der Waals surface area (Å²) in [5.74, 6) is 0.850. The lowest BCUT2D eigenvalue weighted by Crippen LogP contribution is -1.89. The van der Waals surface area contributed by atoms with E-state index in [0.29, 0.717) is 5.02 Å². The summed E-state index contributed by atoms with van der Waals surface area (Å²) in [4.78, 5) is 0.955. The fourth-order valence-corrected chi connectivity index (χ4v) is 2.70. The van der Waals surface area contributed by atoms with Crippen molar-refractivity contribution >= 4 is 35.1 Å². The maximum absolute atomic E-state index is 6.10. The first-order valence-corrected chi connectivity index (χ1v) is 7.02. The average Bonchev–Trinajstić information content (AvgIpc) is 2.38. The Morgan fingerprint density at radius 3 is 2.56 bits per heavy atom. The van der Waals surface area contributed by atoms with Crippen LogP contribution in [0.15, 0.2) is 59.5 Å². The van der Waals surface area contributed by atoms with Crippen molar-refractivity contribution in [2.45, 2.75) is 4.90 Å². The quantitative estimate of drug-likeness (QED) is 0.645. The van der Waals surface area contributed by atoms with E-state index < -0.39 is 0 Å². The maximum atomic E-state index is 6.10. The van der Waals surface area contributed by atoms with Gasteiger partial charge in [0.05, 0.1) is 5.02 Å². The molecule has 0 fully saturated rings. The molecule has 92 valence electrons. The SMILES string of the molecule is Nc1cccc(Cl)c1SC/C=C/c1ccccc1. The molecular formula is C15H14ClNS. The predicted octanol–water partition coefficient (Wildman–Crippen LogP) is 4.73. The first kappa shape index (κ1) is 13.1. The number of thioether (sulfide) groups is 1. The van der Waals surface area contributed by atoms with E-state index in [9.17, 15) is 0 Å². The molecule has 2 N–H and O–H groups in total. The van der Waals surface area contributed by atoms with E-state index in [1.165, 1.54) is 5.56 Å². The van der Waals surface area contributed by atoms with Gasteiger partial charge in [-0.25, -0.2) is 0 Å². The molecule has 0 aliphatic carbocycles. The molecule has 1 nitrogen and oxygen atoms in total. The molecule has 0 saturated carbocycles. The minimum Gasteiger partial charge on any atom is -0.398 e. The van der Waals surface area contributed by atoms with Crippen molar-refractivity contribution in [1.29, 1.82) is 0 Å². The van der Waals surface area contributed by atoms with Gasteiger partial charge in [-0.15, -0.1) is 11.8 Å². The largest absolute Gasteiger partial charge is 0.398 e. The zero-order chi connectivity index (χ0) is 12.8. The third kappa shape index (κ3) is 3.56. The second kappa shape index (κ2) is 6.53. The van der Waals surface area contributed by atoms with Crippen molar-refractivity contribution < 1.29 is 0 Å². The number of rotatable bonds is 4. The molecular weight excluding hydrogens is 262 g/mol. The minimum absolute atomic E-state index is 0.716. The Labute approximate surface area is 117 Å². The Morgan fingerprint density at radius 2 is 1.83 bits per heavy atom. The molecule has 0 bridgehead atoms. The molecule has 0 radical (unpaired) electrons. The van der Waals surface area contributed by atoms with E-state index in [4.69, 9.17) is 17.3 Å². The molecule has 0 aliphatic heterocycles. The highest BCUT2D eigenvalue weighted by molar-refractivity contribution is 7.99. The molecule has 2 rings (SSSR count). The second-order valence-corrected chi connectivity index (χ2v) is 5.22. The molecule has 2 aromatic rings. The monoisotopic (exact) mass is 275 g/mol. The van der Waals surface area contributed by atoms with Gasteiger partial charge >= 0.3 is 0 Å². The Balaban J connectivity index is 1.95. The molecule has 0 atom stereocenters. The predicted molar refractivity (Wildman–Crippen MR) is 82.1 cm³/mol. The van der Waals surface area contributed by atoms with Crippen molar-refractivity contribution in [2.24, 2.45) is 0 Å². The Bertz CT molecular complexity index is 517. The summed E-state index contributed by atoms with van der Waals surface area (Å²) in [6, 6.07) is 15.8. The third-order valence-corrected chi connectivity index (χ3v) is 3.96. The van der Waals surface area contributed by atoms with E-state index in [1.54, 1.807) is 11.8 Å². The number of nitrogen functional groups attached to an aromatic ring is 1. The van der Waals surface area contributed by atoms with E-state index in [2.05, 4.69) is 24.3 Å². The van der Waals surface area contributed by atoms with Gasteiger partial charge in [0.25, 0.3) is 0 Å². The lowest BCUT2D eigenvalue weighted by Gasteiger charge is -2.05. The summed E-state index contributed by atoms with van der Waals surface area (Å²) in [6.07, 6.45) is 4.21. The van der Waals surface area contributed by atoms with Gasteiger partial charge in [0.15, 0.2) is 0 Å². The molecule has 0 unspecified atom stereocenters. The Hall–Kier alpha value is -1.38. The van der Waals surface area contributed by atoms with Crippen LogP contribution < -0.4 is 5.73 Å². The number of hydrogen-bond donors (Lipinski definition) is 1. The average molecular weight is 276 g/mol. The van der Waals surface area contributed by atoms with Crippen molar-refractivity contribution in [1.82, 2.24) is 0 Å². The van der Waals surface area contributed by atoms with Crippen LogP contribution in [0.1, 0.15) is 5.56 Å². The van der Waals surface area contributed by atoms with Crippen LogP contribution >= 0.6 is 23.4 Å². The van der Waals surface area contributed by atoms with E-state index >= 15 is 0 Å². The second-order valence-electron chi connectivity index (χ2n) is 3.78. The molecule has 0 heterocycles. The summed E-state index contributed by atoms with van der Waals surface area (Å²) in [6.45, 7) is 0. The molecule has 0 aromatic heterocycles. The summed E-state index contributed by atoms with van der Waals surface area (Å²) < 4.78 is 0. The van der Waals surface area contributed by atoms with Crippen LogP contribution in [0.25, 0.3) is 6.08 Å². The normalized spacial score (nSPS) is 10.9. The lowest BCUT2D eigenvalue weighted by atomic mass is 10.2. The van der Waals surface area contributed by atoms with Gasteiger partial charge in [-0.1, -0.05) is 60.2 Å². The first-order chi connectivity index (χ1) is 8.77. The van der Waals surface area contributed by atoms with E-state index in [0.717, 1.165) is 16.3 Å². The number of benzene rings is 2. The molecule has 0 amide bonds. The molecule has 2 aromatic carbocycles. The van der Waals surface area contributed by atoms with Crippen molar-refractivity contribution in [2.75, 3.05) is 11.5 Å². The summed E-state index contributed by atoms with van der Waals surface area (Å²) in [5.41, 5.74) is 7.82. The highest BCUT2D eigenvalue weighted by Crippen LogP contribution is 2.32. The topological polar surface area (TPSA) is 26.0 Å². The van der Waals surface area contributed by atoms with E-state index in [-0.39, 0.29) is 0 Å². The fourth-order valence-electron chi connectivity index (χ4n) is 1.56. The van der Waals surface area contributed by atoms with Gasteiger partial charge < -0.3 is 5.73 Å². The van der Waals surface area contributed by atoms with Gasteiger partial charge in [-0.05, 0) is 17.7 Å². The fraction of sp³-hybridized carbons (Fsp3) is 0.0667. The standard InChI is InChI=1S/C15H14ClNS/c16-13-9-4-10-14(17)15(13)18-11-5-8-12-6-2-1-3-7-12/h1-10H,11,17H2/b8-5+. The first-order valence-electron chi connectivity index (χ1n) is 5.66.